The van der Waals surface area contributed by atoms with Crippen molar-refractivity contribution in [3.63, 3.8) is 0 Å². The normalized spacial score (nSPS) is 15.5. The third-order valence-corrected chi connectivity index (χ3v) is 5.32. The molecule has 3 rings (SSSR count). The first-order chi connectivity index (χ1) is 15.2. The van der Waals surface area contributed by atoms with Gasteiger partial charge >= 0.3 is 0 Å². The average molecular weight is 556 g/mol. The van der Waals surface area contributed by atoms with E-state index >= 15 is 0 Å². The molecule has 2 N–H and O–H groups in total. The Bertz CT molecular complexity index is 870. The number of hydrogen-bond donors (Lipinski definition) is 2. The van der Waals surface area contributed by atoms with Crippen molar-refractivity contribution in [1.82, 2.24) is 25.4 Å². The van der Waals surface area contributed by atoms with Crippen LogP contribution in [-0.2, 0) is 25.8 Å². The van der Waals surface area contributed by atoms with Gasteiger partial charge in [-0.05, 0) is 50.8 Å². The zero-order valence-corrected chi connectivity index (χ0v) is 22.0. The SMILES string of the molecule is CCNC(=NCCCc1ccc(OC)c(OCC)c1)NC1CCc2nc(CC)nn2C1.I. The lowest BCUT2D eigenvalue weighted by Gasteiger charge is -2.25. The van der Waals surface area contributed by atoms with E-state index in [9.17, 15) is 0 Å². The molecule has 2 heterocycles. The van der Waals surface area contributed by atoms with Crippen LogP contribution in [0, 0.1) is 0 Å². The van der Waals surface area contributed by atoms with E-state index in [0.29, 0.717) is 12.6 Å². The summed E-state index contributed by atoms with van der Waals surface area (Å²) in [6.45, 7) is 9.21. The fourth-order valence-electron chi connectivity index (χ4n) is 3.76. The minimum absolute atomic E-state index is 0. The molecular weight excluding hydrogens is 519 g/mol. The maximum Gasteiger partial charge on any atom is 0.191 e. The van der Waals surface area contributed by atoms with Gasteiger partial charge in [-0.15, -0.1) is 24.0 Å². The molecule has 178 valence electrons. The van der Waals surface area contributed by atoms with Crippen LogP contribution in [-0.4, -0.2) is 53.6 Å². The number of aromatic nitrogens is 3. The molecule has 0 amide bonds. The van der Waals surface area contributed by atoms with Crippen LogP contribution in [0.25, 0.3) is 0 Å². The van der Waals surface area contributed by atoms with E-state index in [1.54, 1.807) is 7.11 Å². The first kappa shape index (κ1) is 26.2. The number of fused-ring (bicyclic) bond motifs is 1. The van der Waals surface area contributed by atoms with Crippen molar-refractivity contribution in [3.05, 3.63) is 35.4 Å². The van der Waals surface area contributed by atoms with Gasteiger partial charge in [-0.1, -0.05) is 13.0 Å². The Morgan fingerprint density at radius 1 is 1.25 bits per heavy atom. The van der Waals surface area contributed by atoms with Crippen LogP contribution in [0.15, 0.2) is 23.2 Å². The second-order valence-corrected chi connectivity index (χ2v) is 7.64. The molecule has 0 spiro atoms. The van der Waals surface area contributed by atoms with Gasteiger partial charge < -0.3 is 20.1 Å². The fourth-order valence-corrected chi connectivity index (χ4v) is 3.76. The van der Waals surface area contributed by atoms with Gasteiger partial charge in [-0.3, -0.25) is 4.99 Å². The number of rotatable bonds is 10. The van der Waals surface area contributed by atoms with E-state index < -0.39 is 0 Å². The van der Waals surface area contributed by atoms with Crippen LogP contribution in [0.1, 0.15) is 50.8 Å². The smallest absolute Gasteiger partial charge is 0.191 e. The third-order valence-electron chi connectivity index (χ3n) is 5.32. The number of ether oxygens (including phenoxy) is 2. The molecule has 1 aliphatic rings. The zero-order valence-electron chi connectivity index (χ0n) is 19.7. The summed E-state index contributed by atoms with van der Waals surface area (Å²) in [5, 5.41) is 11.5. The first-order valence-corrected chi connectivity index (χ1v) is 11.4. The number of nitrogens with one attached hydrogen (secondary N) is 2. The molecule has 0 saturated heterocycles. The summed E-state index contributed by atoms with van der Waals surface area (Å²) < 4.78 is 13.1. The van der Waals surface area contributed by atoms with Crippen molar-refractivity contribution >= 4 is 29.9 Å². The molecule has 0 aliphatic carbocycles. The van der Waals surface area contributed by atoms with Gasteiger partial charge in [0.05, 0.1) is 20.3 Å². The molecule has 1 unspecified atom stereocenters. The molecule has 1 aromatic carbocycles. The highest BCUT2D eigenvalue weighted by molar-refractivity contribution is 14.0. The van der Waals surface area contributed by atoms with Crippen molar-refractivity contribution in [2.75, 3.05) is 26.8 Å². The maximum atomic E-state index is 5.68. The van der Waals surface area contributed by atoms with Crippen molar-refractivity contribution in [2.45, 2.75) is 65.5 Å². The van der Waals surface area contributed by atoms with Crippen LogP contribution in [0.5, 0.6) is 11.5 Å². The van der Waals surface area contributed by atoms with E-state index in [4.69, 9.17) is 14.5 Å². The lowest BCUT2D eigenvalue weighted by atomic mass is 10.1. The zero-order chi connectivity index (χ0) is 22.1. The molecule has 1 atom stereocenters. The Balaban J connectivity index is 0.00000363. The highest BCUT2D eigenvalue weighted by Crippen LogP contribution is 2.28. The van der Waals surface area contributed by atoms with Gasteiger partial charge in [0.1, 0.15) is 5.82 Å². The topological polar surface area (TPSA) is 85.6 Å². The van der Waals surface area contributed by atoms with Gasteiger partial charge in [0.25, 0.3) is 0 Å². The van der Waals surface area contributed by atoms with Crippen LogP contribution in [0.3, 0.4) is 0 Å². The van der Waals surface area contributed by atoms with Gasteiger partial charge in [-0.25, -0.2) is 9.67 Å². The number of hydrogen-bond acceptors (Lipinski definition) is 5. The third kappa shape index (κ3) is 7.25. The standard InChI is InChI=1S/C23H36N6O2.HI/c1-5-21-27-22-13-11-18(16-29(22)28-21)26-23(24-6-2)25-14-8-9-17-10-12-19(30-4)20(15-17)31-7-3;/h10,12,15,18H,5-9,11,13-14,16H2,1-4H3,(H2,24,25,26);1H. The van der Waals surface area contributed by atoms with Crippen molar-refractivity contribution in [3.8, 4) is 11.5 Å². The molecular formula is C23H37IN6O2. The second kappa shape index (κ2) is 13.5. The summed E-state index contributed by atoms with van der Waals surface area (Å²) in [7, 11) is 1.67. The van der Waals surface area contributed by atoms with Gasteiger partial charge in [0.2, 0.25) is 0 Å². The van der Waals surface area contributed by atoms with Crippen molar-refractivity contribution in [1.29, 1.82) is 0 Å². The number of aliphatic imine (C=N–C) groups is 1. The number of methoxy groups -OCH3 is 1. The molecule has 0 radical (unpaired) electrons. The largest absolute Gasteiger partial charge is 0.493 e. The molecule has 0 saturated carbocycles. The molecule has 9 heteroatoms. The summed E-state index contributed by atoms with van der Waals surface area (Å²) in [5.74, 6) is 4.48. The average Bonchev–Trinajstić information content (AvgIpc) is 3.20. The Hall–Kier alpha value is -2.04. The number of benzene rings is 1. The molecule has 32 heavy (non-hydrogen) atoms. The van der Waals surface area contributed by atoms with E-state index in [1.807, 2.05) is 17.7 Å². The van der Waals surface area contributed by atoms with Crippen molar-refractivity contribution in [2.24, 2.45) is 4.99 Å². The molecule has 1 aromatic heterocycles. The Labute approximate surface area is 208 Å². The number of nitrogens with zero attached hydrogens (tertiary/aromatic N) is 4. The quantitative estimate of drug-likeness (QED) is 0.202. The molecule has 1 aliphatic heterocycles. The summed E-state index contributed by atoms with van der Waals surface area (Å²) in [5.41, 5.74) is 1.23. The van der Waals surface area contributed by atoms with E-state index in [-0.39, 0.29) is 24.0 Å². The number of halogens is 1. The van der Waals surface area contributed by atoms with E-state index in [2.05, 4.69) is 46.7 Å². The number of aryl methyl sites for hydroxylation is 3. The Kier molecular flexibility index (Phi) is 11.1. The Morgan fingerprint density at radius 3 is 2.81 bits per heavy atom. The lowest BCUT2D eigenvalue weighted by molar-refractivity contribution is 0.310. The lowest BCUT2D eigenvalue weighted by Crippen LogP contribution is -2.47. The van der Waals surface area contributed by atoms with Crippen LogP contribution in [0.2, 0.25) is 0 Å². The predicted octanol–water partition coefficient (Wildman–Crippen LogP) is 3.37. The minimum atomic E-state index is 0. The Morgan fingerprint density at radius 2 is 2.09 bits per heavy atom. The predicted molar refractivity (Wildman–Crippen MR) is 139 cm³/mol. The molecule has 2 aromatic rings. The molecule has 0 fully saturated rings. The molecule has 0 bridgehead atoms. The van der Waals surface area contributed by atoms with Gasteiger partial charge in [-0.2, -0.15) is 5.10 Å². The van der Waals surface area contributed by atoms with Crippen LogP contribution >= 0.6 is 24.0 Å². The van der Waals surface area contributed by atoms with Crippen LogP contribution < -0.4 is 20.1 Å². The summed E-state index contributed by atoms with van der Waals surface area (Å²) >= 11 is 0. The highest BCUT2D eigenvalue weighted by atomic mass is 127. The summed E-state index contributed by atoms with van der Waals surface area (Å²) in [6.07, 6.45) is 4.77. The highest BCUT2D eigenvalue weighted by Gasteiger charge is 2.22. The summed E-state index contributed by atoms with van der Waals surface area (Å²) in [6, 6.07) is 6.45. The maximum absolute atomic E-state index is 5.68. The minimum Gasteiger partial charge on any atom is -0.493 e. The van der Waals surface area contributed by atoms with Gasteiger partial charge in [0.15, 0.2) is 23.3 Å². The van der Waals surface area contributed by atoms with Crippen LogP contribution in [0.4, 0.5) is 0 Å². The molecule has 8 nitrogen and oxygen atoms in total. The summed E-state index contributed by atoms with van der Waals surface area (Å²) in [4.78, 5) is 9.38. The fraction of sp³-hybridized carbons (Fsp3) is 0.609. The van der Waals surface area contributed by atoms with E-state index in [1.165, 1.54) is 5.56 Å². The monoisotopic (exact) mass is 556 g/mol. The first-order valence-electron chi connectivity index (χ1n) is 11.4. The van der Waals surface area contributed by atoms with E-state index in [0.717, 1.165) is 80.8 Å². The van der Waals surface area contributed by atoms with Gasteiger partial charge in [0, 0.05) is 32.0 Å². The second-order valence-electron chi connectivity index (χ2n) is 7.64. The number of guanidine groups is 1. The van der Waals surface area contributed by atoms with Crippen molar-refractivity contribution < 1.29 is 9.47 Å².